The molecule has 1 amide bonds. The van der Waals surface area contributed by atoms with E-state index in [1.54, 1.807) is 26.2 Å². The van der Waals surface area contributed by atoms with Crippen LogP contribution in [0.1, 0.15) is 22.1 Å². The summed E-state index contributed by atoms with van der Waals surface area (Å²) in [6.45, 7) is 0. The van der Waals surface area contributed by atoms with Crippen LogP contribution in [-0.4, -0.2) is 27.2 Å². The second-order valence-electron chi connectivity index (χ2n) is 6.53. The highest BCUT2D eigenvalue weighted by atomic mass is 16.5. The fourth-order valence-corrected chi connectivity index (χ4v) is 3.67. The Balaban J connectivity index is 1.92. The van der Waals surface area contributed by atoms with Crippen LogP contribution in [0.4, 0.5) is 11.4 Å². The van der Waals surface area contributed by atoms with E-state index in [0.717, 1.165) is 16.9 Å². The van der Waals surface area contributed by atoms with Gasteiger partial charge in [-0.25, -0.2) is 0 Å². The van der Waals surface area contributed by atoms with E-state index < -0.39 is 6.17 Å². The van der Waals surface area contributed by atoms with Gasteiger partial charge in [-0.3, -0.25) is 9.69 Å². The molecule has 6 nitrogen and oxygen atoms in total. The van der Waals surface area contributed by atoms with Gasteiger partial charge in [-0.15, -0.1) is 0 Å². The van der Waals surface area contributed by atoms with E-state index in [2.05, 4.69) is 5.32 Å². The minimum Gasteiger partial charge on any atom is -0.493 e. The first-order valence-corrected chi connectivity index (χ1v) is 9.22. The molecule has 3 aromatic carbocycles. The van der Waals surface area contributed by atoms with E-state index in [4.69, 9.17) is 14.2 Å². The average Bonchev–Trinajstić information content (AvgIpc) is 2.78. The van der Waals surface area contributed by atoms with Gasteiger partial charge in [0.15, 0.2) is 11.5 Å². The van der Waals surface area contributed by atoms with E-state index >= 15 is 0 Å². The zero-order valence-electron chi connectivity index (χ0n) is 16.5. The number of carbonyl (C=O) groups is 1. The van der Waals surface area contributed by atoms with Crippen LogP contribution >= 0.6 is 0 Å². The highest BCUT2D eigenvalue weighted by Gasteiger charge is 2.36. The van der Waals surface area contributed by atoms with Crippen LogP contribution in [0, 0.1) is 0 Å². The maximum Gasteiger partial charge on any atom is 0.262 e. The summed E-state index contributed by atoms with van der Waals surface area (Å²) in [6, 6.07) is 20.7. The summed E-state index contributed by atoms with van der Waals surface area (Å²) in [6.07, 6.45) is -0.491. The van der Waals surface area contributed by atoms with E-state index in [9.17, 15) is 4.79 Å². The number of nitrogens with one attached hydrogen (secondary N) is 1. The molecule has 3 aromatic rings. The van der Waals surface area contributed by atoms with Crippen molar-refractivity contribution in [1.82, 2.24) is 0 Å². The van der Waals surface area contributed by atoms with Crippen LogP contribution in [0.2, 0.25) is 0 Å². The van der Waals surface area contributed by atoms with Crippen LogP contribution < -0.4 is 24.4 Å². The number of carbonyl (C=O) groups excluding carboxylic acids is 1. The number of amides is 1. The third-order valence-electron chi connectivity index (χ3n) is 4.99. The van der Waals surface area contributed by atoms with Gasteiger partial charge < -0.3 is 19.5 Å². The van der Waals surface area contributed by atoms with Crippen molar-refractivity contribution >= 4 is 17.3 Å². The van der Waals surface area contributed by atoms with Gasteiger partial charge in [-0.1, -0.05) is 30.3 Å². The molecule has 0 aliphatic carbocycles. The van der Waals surface area contributed by atoms with Crippen molar-refractivity contribution in [1.29, 1.82) is 0 Å². The second kappa shape index (κ2) is 7.75. The van der Waals surface area contributed by atoms with Crippen LogP contribution in [-0.2, 0) is 0 Å². The van der Waals surface area contributed by atoms with Crippen LogP contribution in [0.25, 0.3) is 0 Å². The van der Waals surface area contributed by atoms with Crippen molar-refractivity contribution in [3.8, 4) is 17.2 Å². The SMILES string of the molecule is COc1ccc([C@H]2Nc3ccccc3C(=O)N2c2ccccc2)c(OC)c1OC. The van der Waals surface area contributed by atoms with Crippen LogP contribution in [0.3, 0.4) is 0 Å². The van der Waals surface area contributed by atoms with Gasteiger partial charge in [0.2, 0.25) is 5.75 Å². The molecule has 148 valence electrons. The van der Waals surface area contributed by atoms with Gasteiger partial charge in [0.05, 0.1) is 26.9 Å². The summed E-state index contributed by atoms with van der Waals surface area (Å²) in [5.74, 6) is 1.46. The van der Waals surface area contributed by atoms with E-state index in [-0.39, 0.29) is 5.91 Å². The van der Waals surface area contributed by atoms with Crippen molar-refractivity contribution < 1.29 is 19.0 Å². The predicted molar refractivity (Wildman–Crippen MR) is 112 cm³/mol. The van der Waals surface area contributed by atoms with E-state index in [1.165, 1.54) is 0 Å². The lowest BCUT2D eigenvalue weighted by Crippen LogP contribution is -2.43. The molecule has 1 aliphatic heterocycles. The summed E-state index contributed by atoms with van der Waals surface area (Å²) in [4.78, 5) is 15.2. The Morgan fingerprint density at radius 1 is 0.793 bits per heavy atom. The molecule has 0 unspecified atom stereocenters. The smallest absolute Gasteiger partial charge is 0.262 e. The molecule has 0 spiro atoms. The van der Waals surface area contributed by atoms with Crippen LogP contribution in [0.5, 0.6) is 17.2 Å². The van der Waals surface area contributed by atoms with Gasteiger partial charge >= 0.3 is 0 Å². The first-order valence-electron chi connectivity index (χ1n) is 9.22. The lowest BCUT2D eigenvalue weighted by molar-refractivity contribution is 0.0974. The standard InChI is InChI=1S/C23H22N2O4/c1-27-19-14-13-17(20(28-2)21(19)29-3)22-24-18-12-8-7-11-16(18)23(26)25(22)15-9-5-4-6-10-15/h4-14,22,24H,1-3H3/t22-/m0/s1. The molecular weight excluding hydrogens is 368 g/mol. The number of anilines is 2. The lowest BCUT2D eigenvalue weighted by Gasteiger charge is -2.38. The van der Waals surface area contributed by atoms with Crippen molar-refractivity contribution in [3.05, 3.63) is 77.9 Å². The number of methoxy groups -OCH3 is 3. The monoisotopic (exact) mass is 390 g/mol. The Kier molecular flexibility index (Phi) is 4.99. The quantitative estimate of drug-likeness (QED) is 0.696. The maximum absolute atomic E-state index is 13.5. The fraction of sp³-hybridized carbons (Fsp3) is 0.174. The normalized spacial score (nSPS) is 15.3. The van der Waals surface area contributed by atoms with Crippen molar-refractivity contribution in [2.45, 2.75) is 6.17 Å². The Bertz CT molecular complexity index is 1040. The third-order valence-corrected chi connectivity index (χ3v) is 4.99. The number of benzene rings is 3. The number of fused-ring (bicyclic) bond motifs is 1. The molecule has 0 saturated heterocycles. The molecular formula is C23H22N2O4. The topological polar surface area (TPSA) is 60.0 Å². The Morgan fingerprint density at radius 3 is 2.17 bits per heavy atom. The molecule has 0 radical (unpaired) electrons. The first-order chi connectivity index (χ1) is 14.2. The molecule has 6 heteroatoms. The minimum atomic E-state index is -0.491. The molecule has 4 rings (SSSR count). The van der Waals surface area contributed by atoms with Crippen molar-refractivity contribution in [2.75, 3.05) is 31.5 Å². The molecule has 0 bridgehead atoms. The summed E-state index contributed by atoms with van der Waals surface area (Å²) >= 11 is 0. The second-order valence-corrected chi connectivity index (χ2v) is 6.53. The molecule has 0 saturated carbocycles. The van der Waals surface area contributed by atoms with Gasteiger partial charge in [0.25, 0.3) is 5.91 Å². The third kappa shape index (κ3) is 3.12. The number of ether oxygens (including phenoxy) is 3. The molecule has 0 fully saturated rings. The number of para-hydroxylation sites is 2. The largest absolute Gasteiger partial charge is 0.493 e. The number of hydrogen-bond donors (Lipinski definition) is 1. The van der Waals surface area contributed by atoms with E-state index in [1.807, 2.05) is 66.7 Å². The van der Waals surface area contributed by atoms with Crippen molar-refractivity contribution in [2.24, 2.45) is 0 Å². The zero-order valence-corrected chi connectivity index (χ0v) is 16.5. The Morgan fingerprint density at radius 2 is 1.48 bits per heavy atom. The van der Waals surface area contributed by atoms with Crippen molar-refractivity contribution in [3.63, 3.8) is 0 Å². The molecule has 29 heavy (non-hydrogen) atoms. The molecule has 1 N–H and O–H groups in total. The summed E-state index contributed by atoms with van der Waals surface area (Å²) < 4.78 is 16.6. The van der Waals surface area contributed by atoms with Gasteiger partial charge in [0, 0.05) is 16.9 Å². The molecule has 1 aliphatic rings. The van der Waals surface area contributed by atoms with Gasteiger partial charge in [-0.05, 0) is 36.4 Å². The highest BCUT2D eigenvalue weighted by molar-refractivity contribution is 6.12. The summed E-state index contributed by atoms with van der Waals surface area (Å²) in [7, 11) is 4.71. The Labute approximate surface area is 169 Å². The maximum atomic E-state index is 13.5. The number of nitrogens with zero attached hydrogens (tertiary/aromatic N) is 1. The number of rotatable bonds is 5. The number of hydrogen-bond acceptors (Lipinski definition) is 5. The van der Waals surface area contributed by atoms with Gasteiger partial charge in [-0.2, -0.15) is 0 Å². The Hall–Kier alpha value is -3.67. The van der Waals surface area contributed by atoms with Crippen LogP contribution in [0.15, 0.2) is 66.7 Å². The summed E-state index contributed by atoms with van der Waals surface area (Å²) in [5, 5.41) is 3.48. The van der Waals surface area contributed by atoms with Gasteiger partial charge in [0.1, 0.15) is 6.17 Å². The molecule has 1 heterocycles. The molecule has 1 atom stereocenters. The first kappa shape index (κ1) is 18.7. The highest BCUT2D eigenvalue weighted by Crippen LogP contribution is 2.46. The lowest BCUT2D eigenvalue weighted by atomic mass is 10.0. The zero-order chi connectivity index (χ0) is 20.4. The average molecular weight is 390 g/mol. The summed E-state index contributed by atoms with van der Waals surface area (Å²) in [5.41, 5.74) is 2.93. The van der Waals surface area contributed by atoms with E-state index in [0.29, 0.717) is 22.8 Å². The molecule has 0 aromatic heterocycles. The minimum absolute atomic E-state index is 0.0904. The fourth-order valence-electron chi connectivity index (χ4n) is 3.67. The predicted octanol–water partition coefficient (Wildman–Crippen LogP) is 4.48.